The first-order chi connectivity index (χ1) is 10.3. The van der Waals surface area contributed by atoms with E-state index in [-0.39, 0.29) is 0 Å². The molecule has 21 heavy (non-hydrogen) atoms. The van der Waals surface area contributed by atoms with E-state index in [1.165, 1.54) is 0 Å². The summed E-state index contributed by atoms with van der Waals surface area (Å²) in [6, 6.07) is 17.6. The highest BCUT2D eigenvalue weighted by Crippen LogP contribution is 2.29. The van der Waals surface area contributed by atoms with Gasteiger partial charge in [0.1, 0.15) is 12.4 Å². The van der Waals surface area contributed by atoms with Crippen LogP contribution in [0.4, 0.5) is 0 Å². The molecule has 2 N–H and O–H groups in total. The third-order valence-corrected chi connectivity index (χ3v) is 3.59. The maximum absolute atomic E-state index is 6.17. The number of para-hydroxylation sites is 2. The molecule has 0 amide bonds. The molecule has 2 aromatic carbocycles. The Labute approximate surface area is 128 Å². The Morgan fingerprint density at radius 1 is 1.00 bits per heavy atom. The minimum atomic E-state index is 0.363. The monoisotopic (exact) mass is 298 g/mol. The Kier molecular flexibility index (Phi) is 4.04. The smallest absolute Gasteiger partial charge is 0.142 e. The van der Waals surface area contributed by atoms with Crippen molar-refractivity contribution in [1.82, 2.24) is 4.98 Å². The van der Waals surface area contributed by atoms with Crippen LogP contribution in [0.2, 0.25) is 5.02 Å². The topological polar surface area (TPSA) is 48.1 Å². The molecule has 0 bridgehead atoms. The first kappa shape index (κ1) is 13.9. The number of hydrogen-bond donors (Lipinski definition) is 1. The minimum Gasteiger partial charge on any atom is -0.485 e. The lowest BCUT2D eigenvalue weighted by molar-refractivity contribution is 0.299. The van der Waals surface area contributed by atoms with E-state index >= 15 is 0 Å². The van der Waals surface area contributed by atoms with Gasteiger partial charge in [0.15, 0.2) is 0 Å². The van der Waals surface area contributed by atoms with Crippen LogP contribution >= 0.6 is 11.6 Å². The number of nitrogens with two attached hydrogens (primary N) is 1. The Bertz CT molecular complexity index is 774. The first-order valence-electron chi connectivity index (χ1n) is 6.73. The number of fused-ring (bicyclic) bond motifs is 1. The van der Waals surface area contributed by atoms with Crippen molar-refractivity contribution in [2.45, 2.75) is 13.2 Å². The summed E-state index contributed by atoms with van der Waals surface area (Å²) < 4.78 is 5.82. The van der Waals surface area contributed by atoms with Crippen LogP contribution in [0.1, 0.15) is 11.3 Å². The number of ether oxygens (including phenoxy) is 1. The van der Waals surface area contributed by atoms with Crippen LogP contribution in [0.15, 0.2) is 54.6 Å². The zero-order valence-electron chi connectivity index (χ0n) is 11.4. The van der Waals surface area contributed by atoms with Crippen molar-refractivity contribution in [3.8, 4) is 5.75 Å². The van der Waals surface area contributed by atoms with E-state index in [9.17, 15) is 0 Å². The number of benzene rings is 2. The summed E-state index contributed by atoms with van der Waals surface area (Å²) >= 11 is 6.17. The van der Waals surface area contributed by atoms with Crippen LogP contribution in [0.3, 0.4) is 0 Å². The SMILES string of the molecule is NCc1cccc(Cl)c1OCc1ccc2ccccc2n1. The number of pyridine rings is 1. The third-order valence-electron chi connectivity index (χ3n) is 3.29. The molecular formula is C17H15ClN2O. The number of nitrogens with zero attached hydrogens (tertiary/aromatic N) is 1. The molecule has 0 aliphatic rings. The summed E-state index contributed by atoms with van der Waals surface area (Å²) in [5, 5.41) is 1.68. The van der Waals surface area contributed by atoms with Gasteiger partial charge in [-0.25, -0.2) is 4.98 Å². The van der Waals surface area contributed by atoms with Gasteiger partial charge >= 0.3 is 0 Å². The molecule has 3 aromatic rings. The molecule has 3 nitrogen and oxygen atoms in total. The molecule has 0 aliphatic carbocycles. The Balaban J connectivity index is 1.83. The second-order valence-corrected chi connectivity index (χ2v) is 5.12. The van der Waals surface area contributed by atoms with Crippen LogP contribution in [0, 0.1) is 0 Å². The zero-order valence-corrected chi connectivity index (χ0v) is 12.2. The number of aromatic nitrogens is 1. The van der Waals surface area contributed by atoms with E-state index in [1.807, 2.05) is 48.5 Å². The number of hydrogen-bond acceptors (Lipinski definition) is 3. The van der Waals surface area contributed by atoms with Gasteiger partial charge in [-0.05, 0) is 18.2 Å². The first-order valence-corrected chi connectivity index (χ1v) is 7.10. The van der Waals surface area contributed by atoms with Gasteiger partial charge in [0.05, 0.1) is 16.2 Å². The molecule has 0 fully saturated rings. The van der Waals surface area contributed by atoms with Crippen LogP contribution in [0.5, 0.6) is 5.75 Å². The van der Waals surface area contributed by atoms with Crippen molar-refractivity contribution in [1.29, 1.82) is 0 Å². The van der Waals surface area contributed by atoms with Crippen molar-refractivity contribution in [3.63, 3.8) is 0 Å². The fourth-order valence-electron chi connectivity index (χ4n) is 2.21. The lowest BCUT2D eigenvalue weighted by atomic mass is 10.2. The number of rotatable bonds is 4. The largest absolute Gasteiger partial charge is 0.485 e. The quantitative estimate of drug-likeness (QED) is 0.794. The molecule has 0 atom stereocenters. The van der Waals surface area contributed by atoms with Crippen molar-refractivity contribution in [2.75, 3.05) is 0 Å². The Morgan fingerprint density at radius 2 is 1.86 bits per heavy atom. The molecule has 1 heterocycles. The van der Waals surface area contributed by atoms with Crippen molar-refractivity contribution in [2.24, 2.45) is 5.73 Å². The lowest BCUT2D eigenvalue weighted by Crippen LogP contribution is -2.04. The summed E-state index contributed by atoms with van der Waals surface area (Å²) in [6.45, 7) is 0.753. The molecule has 3 rings (SSSR count). The Hall–Kier alpha value is -2.10. The van der Waals surface area contributed by atoms with Gasteiger partial charge in [-0.2, -0.15) is 0 Å². The van der Waals surface area contributed by atoms with E-state index < -0.39 is 0 Å². The molecule has 0 radical (unpaired) electrons. The molecule has 0 saturated heterocycles. The fraction of sp³-hybridized carbons (Fsp3) is 0.118. The van der Waals surface area contributed by atoms with Gasteiger partial charge in [-0.15, -0.1) is 0 Å². The summed E-state index contributed by atoms with van der Waals surface area (Å²) in [4.78, 5) is 4.58. The van der Waals surface area contributed by atoms with Crippen LogP contribution in [-0.4, -0.2) is 4.98 Å². The Morgan fingerprint density at radius 3 is 2.71 bits per heavy atom. The average Bonchev–Trinajstić information content (AvgIpc) is 2.53. The molecule has 0 unspecified atom stereocenters. The van der Waals surface area contributed by atoms with Crippen molar-refractivity contribution in [3.05, 3.63) is 70.9 Å². The molecular weight excluding hydrogens is 284 g/mol. The van der Waals surface area contributed by atoms with E-state index in [1.54, 1.807) is 6.07 Å². The van der Waals surface area contributed by atoms with Crippen molar-refractivity contribution < 1.29 is 4.74 Å². The predicted octanol–water partition coefficient (Wildman–Crippen LogP) is 3.93. The number of halogens is 1. The summed E-state index contributed by atoms with van der Waals surface area (Å²) in [6.07, 6.45) is 0. The summed E-state index contributed by atoms with van der Waals surface area (Å²) in [5.41, 5.74) is 8.41. The summed E-state index contributed by atoms with van der Waals surface area (Å²) in [7, 11) is 0. The maximum atomic E-state index is 6.17. The minimum absolute atomic E-state index is 0.363. The van der Waals surface area contributed by atoms with Gasteiger partial charge in [0, 0.05) is 17.5 Å². The van der Waals surface area contributed by atoms with E-state index in [4.69, 9.17) is 22.1 Å². The highest BCUT2D eigenvalue weighted by atomic mass is 35.5. The van der Waals surface area contributed by atoms with Gasteiger partial charge in [0.25, 0.3) is 0 Å². The van der Waals surface area contributed by atoms with Gasteiger partial charge in [0.2, 0.25) is 0 Å². The predicted molar refractivity (Wildman–Crippen MR) is 85.4 cm³/mol. The van der Waals surface area contributed by atoms with Gasteiger partial charge in [-0.3, -0.25) is 0 Å². The van der Waals surface area contributed by atoms with Crippen molar-refractivity contribution >= 4 is 22.5 Å². The maximum Gasteiger partial charge on any atom is 0.142 e. The van der Waals surface area contributed by atoms with E-state index in [0.29, 0.717) is 23.9 Å². The highest BCUT2D eigenvalue weighted by Gasteiger charge is 2.08. The van der Waals surface area contributed by atoms with E-state index in [0.717, 1.165) is 22.2 Å². The zero-order chi connectivity index (χ0) is 14.7. The lowest BCUT2D eigenvalue weighted by Gasteiger charge is -2.12. The molecule has 0 saturated carbocycles. The molecule has 4 heteroatoms. The second-order valence-electron chi connectivity index (χ2n) is 4.72. The standard InChI is InChI=1S/C17H15ClN2O/c18-15-6-3-5-13(10-19)17(15)21-11-14-9-8-12-4-1-2-7-16(12)20-14/h1-9H,10-11,19H2. The van der Waals surface area contributed by atoms with Gasteiger partial charge < -0.3 is 10.5 Å². The van der Waals surface area contributed by atoms with Crippen LogP contribution < -0.4 is 10.5 Å². The third kappa shape index (κ3) is 2.99. The van der Waals surface area contributed by atoms with Crippen LogP contribution in [-0.2, 0) is 13.2 Å². The molecule has 106 valence electrons. The van der Waals surface area contributed by atoms with E-state index in [2.05, 4.69) is 4.98 Å². The second kappa shape index (κ2) is 6.12. The molecule has 1 aromatic heterocycles. The van der Waals surface area contributed by atoms with Gasteiger partial charge in [-0.1, -0.05) is 48.0 Å². The van der Waals surface area contributed by atoms with Crippen LogP contribution in [0.25, 0.3) is 10.9 Å². The molecule has 0 aliphatic heterocycles. The molecule has 0 spiro atoms. The highest BCUT2D eigenvalue weighted by molar-refractivity contribution is 6.32. The normalized spacial score (nSPS) is 10.8. The fourth-order valence-corrected chi connectivity index (χ4v) is 2.46. The average molecular weight is 299 g/mol. The summed E-state index contributed by atoms with van der Waals surface area (Å²) in [5.74, 6) is 0.636.